The molecule has 52 heavy (non-hydrogen) atoms. The number of allylic oxidation sites excluding steroid dienone is 2. The maximum absolute atomic E-state index is 14.4. The molecule has 5 amide bonds. The molecule has 2 heterocycles. The van der Waals surface area contributed by atoms with Crippen molar-refractivity contribution in [2.75, 3.05) is 13.2 Å². The summed E-state index contributed by atoms with van der Waals surface area (Å²) in [4.78, 5) is 83.4. The summed E-state index contributed by atoms with van der Waals surface area (Å²) in [5.74, 6) is -4.70. The van der Waals surface area contributed by atoms with Crippen molar-refractivity contribution in [1.29, 1.82) is 0 Å². The highest BCUT2D eigenvalue weighted by Gasteiger charge is 2.62. The van der Waals surface area contributed by atoms with Crippen LogP contribution in [0.2, 0.25) is 0 Å². The predicted octanol–water partition coefficient (Wildman–Crippen LogP) is 2.18. The van der Waals surface area contributed by atoms with Gasteiger partial charge in [-0.15, -0.1) is 0 Å². The van der Waals surface area contributed by atoms with Crippen LogP contribution in [-0.4, -0.2) is 96.0 Å². The molecular weight excluding hydrogens is 701 g/mol. The van der Waals surface area contributed by atoms with Gasteiger partial charge in [0, 0.05) is 18.5 Å². The quantitative estimate of drug-likeness (QED) is 0.252. The normalized spacial score (nSPS) is 26.8. The molecule has 0 bridgehead atoms. The van der Waals surface area contributed by atoms with Crippen LogP contribution in [0.15, 0.2) is 30.4 Å². The number of fused-ring (bicyclic) bond motifs is 1. The van der Waals surface area contributed by atoms with Crippen LogP contribution in [0.5, 0.6) is 0 Å². The fraction of sp³-hybridized carbons (Fsp3) is 0.600. The van der Waals surface area contributed by atoms with E-state index in [1.165, 1.54) is 17.0 Å². The van der Waals surface area contributed by atoms with E-state index in [1.54, 1.807) is 25.1 Å². The molecule has 1 saturated heterocycles. The van der Waals surface area contributed by atoms with Crippen molar-refractivity contribution in [2.24, 2.45) is 11.8 Å². The lowest BCUT2D eigenvalue weighted by molar-refractivity contribution is -0.143. The molecule has 0 aromatic heterocycles. The Balaban J connectivity index is 1.23. The molecule has 282 valence electrons. The van der Waals surface area contributed by atoms with Gasteiger partial charge in [0.1, 0.15) is 29.5 Å². The minimum atomic E-state index is -3.93. The fourth-order valence-corrected chi connectivity index (χ4v) is 8.62. The molecule has 3 fully saturated rings. The summed E-state index contributed by atoms with van der Waals surface area (Å²) >= 11 is 0. The van der Waals surface area contributed by atoms with Crippen LogP contribution in [0.4, 0.5) is 14.0 Å². The maximum Gasteiger partial charge on any atom is 0.410 e. The van der Waals surface area contributed by atoms with Crippen molar-refractivity contribution in [1.82, 2.24) is 25.2 Å². The Labute approximate surface area is 301 Å². The summed E-state index contributed by atoms with van der Waals surface area (Å²) in [5.41, 5.74) is -0.569. The van der Waals surface area contributed by atoms with Gasteiger partial charge < -0.3 is 25.0 Å². The van der Waals surface area contributed by atoms with E-state index in [4.69, 9.17) is 9.47 Å². The Morgan fingerprint density at radius 3 is 2.52 bits per heavy atom. The van der Waals surface area contributed by atoms with Gasteiger partial charge in [0.2, 0.25) is 21.8 Å². The highest BCUT2D eigenvalue weighted by Crippen LogP contribution is 2.47. The van der Waals surface area contributed by atoms with Gasteiger partial charge in [0.05, 0.1) is 30.9 Å². The van der Waals surface area contributed by atoms with Gasteiger partial charge in [-0.05, 0) is 55.7 Å². The summed E-state index contributed by atoms with van der Waals surface area (Å²) in [7, 11) is -3.93. The maximum atomic E-state index is 14.4. The number of carbonyl (C=O) groups excluding carboxylic acids is 6. The van der Waals surface area contributed by atoms with Crippen molar-refractivity contribution >= 4 is 45.7 Å². The Morgan fingerprint density at radius 2 is 1.88 bits per heavy atom. The van der Waals surface area contributed by atoms with Gasteiger partial charge in [0.25, 0.3) is 5.91 Å². The van der Waals surface area contributed by atoms with Crippen molar-refractivity contribution in [3.8, 4) is 0 Å². The monoisotopic (exact) mass is 745 g/mol. The first-order chi connectivity index (χ1) is 24.8. The summed E-state index contributed by atoms with van der Waals surface area (Å²) in [6.07, 6.45) is 2.83. The number of sulfonamides is 1. The number of hydrogen-bond donors (Lipinski definition) is 3. The highest BCUT2D eigenvalue weighted by atomic mass is 32.2. The number of benzene rings is 1. The number of hydrogen-bond acceptors (Lipinski definition) is 10. The molecule has 2 aliphatic heterocycles. The van der Waals surface area contributed by atoms with Gasteiger partial charge in [-0.25, -0.2) is 22.4 Å². The summed E-state index contributed by atoms with van der Waals surface area (Å²) in [6, 6.07) is 1.75. The minimum Gasteiger partial charge on any atom is -0.450 e. The number of likely N-dealkylation sites (tertiary alicyclic amines) is 1. The average molecular weight is 746 g/mol. The molecule has 3 N–H and O–H groups in total. The van der Waals surface area contributed by atoms with Gasteiger partial charge >= 0.3 is 12.2 Å². The molecule has 0 radical (unpaired) electrons. The van der Waals surface area contributed by atoms with E-state index in [0.29, 0.717) is 36.8 Å². The smallest absolute Gasteiger partial charge is 0.410 e. The summed E-state index contributed by atoms with van der Waals surface area (Å²) < 4.78 is 52.8. The number of unbranched alkanes of at least 4 members (excludes halogenated alkanes) is 1. The van der Waals surface area contributed by atoms with Crippen molar-refractivity contribution in [2.45, 2.75) is 107 Å². The summed E-state index contributed by atoms with van der Waals surface area (Å²) in [6.45, 7) is 3.53. The van der Waals surface area contributed by atoms with Crippen molar-refractivity contribution in [3.63, 3.8) is 0 Å². The second-order valence-corrected chi connectivity index (χ2v) is 16.1. The molecule has 1 aromatic rings. The van der Waals surface area contributed by atoms with E-state index in [2.05, 4.69) is 15.4 Å². The number of ketones is 1. The molecule has 6 atom stereocenters. The van der Waals surface area contributed by atoms with Crippen LogP contribution < -0.4 is 15.4 Å². The number of rotatable bonds is 13. The van der Waals surface area contributed by atoms with E-state index in [0.717, 1.165) is 11.3 Å². The zero-order valence-electron chi connectivity index (χ0n) is 29.1. The van der Waals surface area contributed by atoms with Crippen molar-refractivity contribution in [3.05, 3.63) is 47.3 Å². The third-order valence-corrected chi connectivity index (χ3v) is 12.4. The van der Waals surface area contributed by atoms with Crippen LogP contribution in [0, 0.1) is 17.7 Å². The van der Waals surface area contributed by atoms with E-state index >= 15 is 0 Å². The first kappa shape index (κ1) is 37.2. The van der Waals surface area contributed by atoms with Crippen LogP contribution in [0.1, 0.15) is 76.3 Å². The number of alkyl carbamates (subject to hydrolysis) is 1. The van der Waals surface area contributed by atoms with Gasteiger partial charge in [0.15, 0.2) is 5.78 Å². The van der Waals surface area contributed by atoms with Crippen LogP contribution in [0.3, 0.4) is 0 Å². The summed E-state index contributed by atoms with van der Waals surface area (Å²) in [5, 5.41) is 4.56. The third kappa shape index (κ3) is 7.64. The Hall–Kier alpha value is -4.54. The zero-order chi connectivity index (χ0) is 37.4. The number of halogens is 1. The lowest BCUT2D eigenvalue weighted by Crippen LogP contribution is -2.59. The van der Waals surface area contributed by atoms with Crippen LogP contribution >= 0.6 is 0 Å². The lowest BCUT2D eigenvalue weighted by Gasteiger charge is -2.31. The number of nitrogens with one attached hydrogen (secondary N) is 3. The topological polar surface area (TPSA) is 198 Å². The Bertz CT molecular complexity index is 1780. The second kappa shape index (κ2) is 14.8. The van der Waals surface area contributed by atoms with E-state index < -0.39 is 86.4 Å². The fourth-order valence-electron chi connectivity index (χ4n) is 7.26. The van der Waals surface area contributed by atoms with Gasteiger partial charge in [-0.1, -0.05) is 44.9 Å². The van der Waals surface area contributed by atoms with E-state index in [9.17, 15) is 41.6 Å². The SMILES string of the molecule is CCCCOC(=O)N[C@H](C(=O)N1C[C@H](OC(=O)N2Cc3cccc(F)c3C2)C[C@H]1C(=O)N[C@@]1(C(=O)NS(=O)(=O)C2CC2)C[C@@H]1CC)C1CC=CC1=O. The molecular formula is C35H44FN5O10S. The molecule has 15 nitrogen and oxygen atoms in total. The standard InChI is InChI=1S/C35H44FN5O10S/c1-3-5-14-50-33(46)37-29(24-9-7-11-28(24)42)31(44)41-18-22(51-34(47)40-17-20-8-6-10-26(36)25(20)19-40)15-27(41)30(43)38-35(16-21(35)4-2)32(45)39-52(48,49)23-12-13-23/h6-8,10-11,21-24,27,29H,3-5,9,12-19H2,1-2H3,(H,37,46)(H,38,43)(H,39,45)/t21-,22+,24?,27-,29-,35-/m0/s1. The third-order valence-electron chi connectivity index (χ3n) is 10.6. The molecule has 0 spiro atoms. The van der Waals surface area contributed by atoms with Crippen LogP contribution in [0.25, 0.3) is 0 Å². The van der Waals surface area contributed by atoms with E-state index in [1.807, 2.05) is 6.92 Å². The number of nitrogens with zero attached hydrogens (tertiary/aromatic N) is 2. The van der Waals surface area contributed by atoms with Crippen molar-refractivity contribution < 1.29 is 51.0 Å². The second-order valence-electron chi connectivity index (χ2n) is 14.2. The largest absolute Gasteiger partial charge is 0.450 e. The first-order valence-electron chi connectivity index (χ1n) is 17.8. The zero-order valence-corrected chi connectivity index (χ0v) is 29.9. The van der Waals surface area contributed by atoms with Gasteiger partial charge in [-0.3, -0.25) is 28.8 Å². The molecule has 2 saturated carbocycles. The molecule has 6 rings (SSSR count). The highest BCUT2D eigenvalue weighted by molar-refractivity contribution is 7.91. The molecule has 3 aliphatic carbocycles. The lowest BCUT2D eigenvalue weighted by atomic mass is 9.94. The van der Waals surface area contributed by atoms with Gasteiger partial charge in [-0.2, -0.15) is 0 Å². The first-order valence-corrected chi connectivity index (χ1v) is 19.4. The molecule has 1 unspecified atom stereocenters. The Kier molecular flexibility index (Phi) is 10.6. The molecule has 5 aliphatic rings. The Morgan fingerprint density at radius 1 is 1.12 bits per heavy atom. The minimum absolute atomic E-state index is 0.0388. The number of ether oxygens (including phenoxy) is 2. The predicted molar refractivity (Wildman–Crippen MR) is 181 cm³/mol. The number of carbonyl (C=O) groups is 6. The number of amides is 5. The molecule has 1 aromatic carbocycles. The molecule has 17 heteroatoms. The van der Waals surface area contributed by atoms with Crippen LogP contribution in [-0.2, 0) is 51.8 Å². The average Bonchev–Trinajstić information content (AvgIpc) is 3.93. The van der Waals surface area contributed by atoms with E-state index in [-0.39, 0.29) is 51.4 Å².